The van der Waals surface area contributed by atoms with E-state index in [-0.39, 0.29) is 0 Å². The lowest BCUT2D eigenvalue weighted by Crippen LogP contribution is -3.07. The molecule has 0 aliphatic carbocycles. The number of hydrogen-bond donors (Lipinski definition) is 2. The molecular weight excluding hydrogens is 348 g/mol. The van der Waals surface area contributed by atoms with Gasteiger partial charge >= 0.3 is 0 Å². The van der Waals surface area contributed by atoms with Crippen LogP contribution in [0.25, 0.3) is 11.4 Å². The van der Waals surface area contributed by atoms with Gasteiger partial charge in [-0.15, -0.1) is 0 Å². The molecule has 1 atom stereocenters. The van der Waals surface area contributed by atoms with E-state index in [1.54, 1.807) is 14.2 Å². The third-order valence-electron chi connectivity index (χ3n) is 4.14. The van der Waals surface area contributed by atoms with Crippen LogP contribution in [0.3, 0.4) is 0 Å². The summed E-state index contributed by atoms with van der Waals surface area (Å²) in [5.41, 5.74) is 2.22. The van der Waals surface area contributed by atoms with Crippen molar-refractivity contribution in [1.29, 1.82) is 0 Å². The van der Waals surface area contributed by atoms with Gasteiger partial charge in [0.1, 0.15) is 18.0 Å². The second kappa shape index (κ2) is 8.16. The van der Waals surface area contributed by atoms with Gasteiger partial charge in [0.15, 0.2) is 12.5 Å². The van der Waals surface area contributed by atoms with Crippen LogP contribution >= 0.6 is 12.2 Å². The minimum absolute atomic E-state index is 0.546. The highest BCUT2D eigenvalue weighted by Crippen LogP contribution is 2.19. The smallest absolute Gasteiger partial charge is 0.221 e. The van der Waals surface area contributed by atoms with Crippen molar-refractivity contribution in [2.45, 2.75) is 13.2 Å². The van der Waals surface area contributed by atoms with Crippen molar-refractivity contribution in [3.05, 3.63) is 58.9 Å². The van der Waals surface area contributed by atoms with Gasteiger partial charge in [-0.3, -0.25) is 5.10 Å². The fourth-order valence-corrected chi connectivity index (χ4v) is 2.96. The first-order valence-corrected chi connectivity index (χ1v) is 8.75. The van der Waals surface area contributed by atoms with Crippen LogP contribution < -0.4 is 14.4 Å². The number of H-pyrrole nitrogens is 1. The van der Waals surface area contributed by atoms with Gasteiger partial charge in [0.05, 0.1) is 21.3 Å². The van der Waals surface area contributed by atoms with Crippen molar-refractivity contribution in [2.75, 3.05) is 21.3 Å². The van der Waals surface area contributed by atoms with Crippen LogP contribution in [0.2, 0.25) is 0 Å². The van der Waals surface area contributed by atoms with Crippen molar-refractivity contribution in [2.24, 2.45) is 0 Å². The van der Waals surface area contributed by atoms with Crippen LogP contribution in [0.5, 0.6) is 11.5 Å². The molecule has 0 aliphatic rings. The zero-order chi connectivity index (χ0) is 18.5. The summed E-state index contributed by atoms with van der Waals surface area (Å²) in [5, 5.41) is 3.29. The summed E-state index contributed by atoms with van der Waals surface area (Å²) in [6.45, 7) is 1.58. The highest BCUT2D eigenvalue weighted by molar-refractivity contribution is 7.71. The SMILES string of the molecule is COc1ccc(C[NH+](C)Cn2[nH]c(-c3ccc(OC)cc3)nc2=S)cc1. The molecule has 0 radical (unpaired) electrons. The Kier molecular flexibility index (Phi) is 5.70. The third-order valence-corrected chi connectivity index (χ3v) is 4.45. The zero-order valence-electron chi connectivity index (χ0n) is 15.2. The minimum atomic E-state index is 0.546. The van der Waals surface area contributed by atoms with E-state index in [0.717, 1.165) is 29.4 Å². The summed E-state index contributed by atoms with van der Waals surface area (Å²) >= 11 is 5.40. The van der Waals surface area contributed by atoms with Crippen molar-refractivity contribution in [1.82, 2.24) is 14.8 Å². The highest BCUT2D eigenvalue weighted by Gasteiger charge is 2.10. The predicted octanol–water partition coefficient (Wildman–Crippen LogP) is 2.30. The molecule has 26 heavy (non-hydrogen) atoms. The van der Waals surface area contributed by atoms with Gasteiger partial charge in [-0.25, -0.2) is 4.68 Å². The predicted molar refractivity (Wildman–Crippen MR) is 103 cm³/mol. The molecule has 2 aromatic carbocycles. The van der Waals surface area contributed by atoms with Crippen molar-refractivity contribution >= 4 is 12.2 Å². The minimum Gasteiger partial charge on any atom is -0.497 e. The molecule has 3 aromatic rings. The quantitative estimate of drug-likeness (QED) is 0.626. The van der Waals surface area contributed by atoms with Gasteiger partial charge in [0.25, 0.3) is 0 Å². The second-order valence-corrected chi connectivity index (χ2v) is 6.52. The Hall–Kier alpha value is -2.64. The first-order chi connectivity index (χ1) is 12.6. The van der Waals surface area contributed by atoms with Crippen LogP contribution in [0.1, 0.15) is 5.56 Å². The summed E-state index contributed by atoms with van der Waals surface area (Å²) in [4.78, 5) is 5.76. The fraction of sp³-hybridized carbons (Fsp3) is 0.263. The molecule has 0 fully saturated rings. The number of benzene rings is 2. The van der Waals surface area contributed by atoms with Gasteiger partial charge < -0.3 is 14.4 Å². The molecule has 1 unspecified atom stereocenters. The molecule has 1 heterocycles. The molecule has 0 saturated heterocycles. The number of rotatable bonds is 7. The van der Waals surface area contributed by atoms with Crippen LogP contribution in [-0.2, 0) is 13.2 Å². The van der Waals surface area contributed by atoms with E-state index in [1.165, 1.54) is 10.5 Å². The summed E-state index contributed by atoms with van der Waals surface area (Å²) < 4.78 is 12.8. The number of aromatic nitrogens is 3. The summed E-state index contributed by atoms with van der Waals surface area (Å²) in [6.07, 6.45) is 0. The van der Waals surface area contributed by atoms with Crippen LogP contribution in [0, 0.1) is 4.77 Å². The summed E-state index contributed by atoms with van der Waals surface area (Å²) in [5.74, 6) is 2.44. The third kappa shape index (κ3) is 4.30. The average Bonchev–Trinajstić information content (AvgIpc) is 3.02. The summed E-state index contributed by atoms with van der Waals surface area (Å²) in [7, 11) is 5.45. The first kappa shape index (κ1) is 18.2. The lowest BCUT2D eigenvalue weighted by Gasteiger charge is -2.14. The Bertz CT molecular complexity index is 901. The number of nitrogens with one attached hydrogen (secondary N) is 2. The van der Waals surface area contributed by atoms with Gasteiger partial charge in [-0.05, 0) is 60.7 Å². The molecule has 0 spiro atoms. The second-order valence-electron chi connectivity index (χ2n) is 6.15. The van der Waals surface area contributed by atoms with E-state index in [9.17, 15) is 0 Å². The van der Waals surface area contributed by atoms with Crippen molar-refractivity contribution < 1.29 is 14.4 Å². The van der Waals surface area contributed by atoms with Gasteiger partial charge in [0, 0.05) is 11.1 Å². The topological polar surface area (TPSA) is 56.5 Å². The summed E-state index contributed by atoms with van der Waals surface area (Å²) in [6, 6.07) is 15.9. The van der Waals surface area contributed by atoms with Crippen LogP contribution in [-0.4, -0.2) is 36.0 Å². The van der Waals surface area contributed by atoms with Crippen molar-refractivity contribution in [3.8, 4) is 22.9 Å². The Balaban J connectivity index is 1.69. The van der Waals surface area contributed by atoms with E-state index >= 15 is 0 Å². The number of hydrogen-bond acceptors (Lipinski definition) is 4. The number of aromatic amines is 1. The van der Waals surface area contributed by atoms with E-state index in [0.29, 0.717) is 11.4 Å². The maximum Gasteiger partial charge on any atom is 0.221 e. The molecule has 0 bridgehead atoms. The molecule has 0 aliphatic heterocycles. The largest absolute Gasteiger partial charge is 0.497 e. The molecule has 0 amide bonds. The molecule has 3 rings (SSSR count). The number of methoxy groups -OCH3 is 2. The Labute approximate surface area is 158 Å². The Morgan fingerprint density at radius 2 is 1.58 bits per heavy atom. The first-order valence-electron chi connectivity index (χ1n) is 8.34. The Morgan fingerprint density at radius 1 is 1.00 bits per heavy atom. The normalized spacial score (nSPS) is 12.0. The molecule has 136 valence electrons. The standard InChI is InChI=1S/C19H22N4O2S/c1-22(12-14-4-8-16(24-2)9-5-14)13-23-19(26)20-18(21-23)15-6-10-17(25-3)11-7-15/h4-11H,12-13H2,1-3H3,(H,20,21,26)/p+1. The van der Waals surface area contributed by atoms with Crippen LogP contribution in [0.4, 0.5) is 0 Å². The van der Waals surface area contributed by atoms with E-state index in [4.69, 9.17) is 21.7 Å². The van der Waals surface area contributed by atoms with Gasteiger partial charge in [0.2, 0.25) is 4.77 Å². The van der Waals surface area contributed by atoms with Crippen LogP contribution in [0.15, 0.2) is 48.5 Å². The maximum absolute atomic E-state index is 5.40. The number of quaternary nitrogens is 1. The fourth-order valence-electron chi connectivity index (χ4n) is 2.76. The molecule has 6 nitrogen and oxygen atoms in total. The maximum atomic E-state index is 5.40. The molecular formula is C19H23N4O2S+. The van der Waals surface area contributed by atoms with Gasteiger partial charge in [-0.1, -0.05) is 0 Å². The van der Waals surface area contributed by atoms with E-state index in [1.807, 2.05) is 41.1 Å². The van der Waals surface area contributed by atoms with E-state index < -0.39 is 0 Å². The number of nitrogens with zero attached hydrogens (tertiary/aromatic N) is 2. The zero-order valence-corrected chi connectivity index (χ0v) is 16.0. The van der Waals surface area contributed by atoms with Crippen molar-refractivity contribution in [3.63, 3.8) is 0 Å². The lowest BCUT2D eigenvalue weighted by atomic mass is 10.2. The molecule has 0 saturated carbocycles. The average molecular weight is 371 g/mol. The molecule has 1 aromatic heterocycles. The Morgan fingerprint density at radius 3 is 2.15 bits per heavy atom. The molecule has 7 heteroatoms. The van der Waals surface area contributed by atoms with E-state index in [2.05, 4.69) is 29.3 Å². The number of ether oxygens (including phenoxy) is 2. The van der Waals surface area contributed by atoms with Gasteiger partial charge in [-0.2, -0.15) is 4.98 Å². The lowest BCUT2D eigenvalue weighted by molar-refractivity contribution is -0.917. The molecule has 2 N–H and O–H groups in total. The monoisotopic (exact) mass is 371 g/mol. The highest BCUT2D eigenvalue weighted by atomic mass is 32.1.